The van der Waals surface area contributed by atoms with Crippen LogP contribution in [0.3, 0.4) is 0 Å². The van der Waals surface area contributed by atoms with Crippen molar-refractivity contribution < 1.29 is 9.16 Å². The van der Waals surface area contributed by atoms with Crippen molar-refractivity contribution in [3.05, 3.63) is 49.6 Å². The van der Waals surface area contributed by atoms with E-state index in [9.17, 15) is 0 Å². The van der Waals surface area contributed by atoms with Gasteiger partial charge in [-0.05, 0) is 36.3 Å². The molecule has 98 valence electrons. The molecule has 0 atom stereocenters. The molecule has 3 heteroatoms. The van der Waals surface area contributed by atoms with Crippen molar-refractivity contribution in [3.8, 4) is 5.75 Å². The lowest BCUT2D eigenvalue weighted by molar-refractivity contribution is 0.333. The first-order valence-electron chi connectivity index (χ1n) is 6.22. The summed E-state index contributed by atoms with van der Waals surface area (Å²) in [5.41, 5.74) is 0. The summed E-state index contributed by atoms with van der Waals surface area (Å²) >= 11 is 0. The molecule has 0 bridgehead atoms. The van der Waals surface area contributed by atoms with Gasteiger partial charge in [0.1, 0.15) is 5.75 Å². The molecule has 1 rings (SSSR count). The van der Waals surface area contributed by atoms with Gasteiger partial charge in [-0.15, -0.1) is 13.2 Å². The van der Waals surface area contributed by atoms with E-state index >= 15 is 0 Å². The Labute approximate surface area is 111 Å². The second kappa shape index (κ2) is 7.19. The van der Waals surface area contributed by atoms with Gasteiger partial charge in [-0.25, -0.2) is 0 Å². The summed E-state index contributed by atoms with van der Waals surface area (Å²) in [5.74, 6) is 0.871. The van der Waals surface area contributed by atoms with Crippen molar-refractivity contribution >= 4 is 13.5 Å². The van der Waals surface area contributed by atoms with E-state index in [-0.39, 0.29) is 0 Å². The van der Waals surface area contributed by atoms with Crippen molar-refractivity contribution in [1.29, 1.82) is 0 Å². The number of ether oxygens (including phenoxy) is 1. The quantitative estimate of drug-likeness (QED) is 0.529. The van der Waals surface area contributed by atoms with E-state index < -0.39 is 8.32 Å². The normalized spacial score (nSPS) is 11.0. The molecule has 1 aromatic carbocycles. The standard InChI is InChI=1S/C15H22O2Si/c1-5-12-18(13-6-2,17-7-3)15-10-8-14(16-4)9-11-15/h5-6,8-11H,1-2,7,12-13H2,3-4H3. The first kappa shape index (κ1) is 14.7. The molecule has 0 fully saturated rings. The molecule has 2 nitrogen and oxygen atoms in total. The van der Waals surface area contributed by atoms with Crippen molar-refractivity contribution in [1.82, 2.24) is 0 Å². The van der Waals surface area contributed by atoms with Crippen LogP contribution in [0.4, 0.5) is 0 Å². The second-order valence-electron chi connectivity index (χ2n) is 4.14. The van der Waals surface area contributed by atoms with Gasteiger partial charge in [0.15, 0.2) is 0 Å². The minimum atomic E-state index is -2.00. The summed E-state index contributed by atoms with van der Waals surface area (Å²) in [4.78, 5) is 0. The molecule has 0 aliphatic rings. The molecule has 0 N–H and O–H groups in total. The van der Waals surface area contributed by atoms with E-state index in [1.165, 1.54) is 5.19 Å². The van der Waals surface area contributed by atoms with Gasteiger partial charge in [-0.3, -0.25) is 0 Å². The van der Waals surface area contributed by atoms with Crippen molar-refractivity contribution in [2.45, 2.75) is 19.0 Å². The molecule has 0 heterocycles. The van der Waals surface area contributed by atoms with Crippen molar-refractivity contribution in [3.63, 3.8) is 0 Å². The fourth-order valence-electron chi connectivity index (χ4n) is 2.16. The van der Waals surface area contributed by atoms with Crippen LogP contribution in [-0.4, -0.2) is 22.0 Å². The first-order valence-corrected chi connectivity index (χ1v) is 8.55. The molecule has 0 radical (unpaired) electrons. The maximum Gasteiger partial charge on any atom is 0.231 e. The Balaban J connectivity index is 3.11. The Morgan fingerprint density at radius 2 is 1.67 bits per heavy atom. The van der Waals surface area contributed by atoms with Crippen LogP contribution in [0.5, 0.6) is 5.75 Å². The van der Waals surface area contributed by atoms with Crippen LogP contribution >= 0.6 is 0 Å². The third kappa shape index (κ3) is 3.34. The SMILES string of the molecule is C=CC[Si](CC=C)(OCC)c1ccc(OC)cc1. The van der Waals surface area contributed by atoms with E-state index in [0.717, 1.165) is 24.4 Å². The van der Waals surface area contributed by atoms with Gasteiger partial charge in [0.25, 0.3) is 0 Å². The summed E-state index contributed by atoms with van der Waals surface area (Å²) < 4.78 is 11.3. The lowest BCUT2D eigenvalue weighted by atomic mass is 10.3. The van der Waals surface area contributed by atoms with Gasteiger partial charge < -0.3 is 9.16 Å². The Kier molecular flexibility index (Phi) is 5.88. The maximum atomic E-state index is 6.13. The molecule has 0 saturated heterocycles. The largest absolute Gasteiger partial charge is 0.497 e. The molecule has 0 aromatic heterocycles. The third-order valence-corrected chi connectivity index (χ3v) is 7.11. The lowest BCUT2D eigenvalue weighted by Gasteiger charge is -2.29. The Hall–Kier alpha value is -1.32. The van der Waals surface area contributed by atoms with Gasteiger partial charge in [0.2, 0.25) is 8.32 Å². The molecule has 0 saturated carbocycles. The van der Waals surface area contributed by atoms with Gasteiger partial charge >= 0.3 is 0 Å². The molecule has 0 unspecified atom stereocenters. The zero-order chi connectivity index (χ0) is 13.4. The zero-order valence-electron chi connectivity index (χ0n) is 11.3. The highest BCUT2D eigenvalue weighted by Gasteiger charge is 2.34. The van der Waals surface area contributed by atoms with Crippen LogP contribution in [0.2, 0.25) is 12.1 Å². The summed E-state index contributed by atoms with van der Waals surface area (Å²) in [6.07, 6.45) is 3.91. The molecule has 0 spiro atoms. The number of allylic oxidation sites excluding steroid dienone is 2. The number of rotatable bonds is 8. The van der Waals surface area contributed by atoms with Crippen molar-refractivity contribution in [2.75, 3.05) is 13.7 Å². The van der Waals surface area contributed by atoms with Crippen LogP contribution in [0.25, 0.3) is 0 Å². The van der Waals surface area contributed by atoms with Gasteiger partial charge in [-0.1, -0.05) is 24.3 Å². The van der Waals surface area contributed by atoms with Crippen molar-refractivity contribution in [2.24, 2.45) is 0 Å². The minimum absolute atomic E-state index is 0.722. The second-order valence-corrected chi connectivity index (χ2v) is 7.81. The summed E-state index contributed by atoms with van der Waals surface area (Å²) in [7, 11) is -0.323. The van der Waals surface area contributed by atoms with E-state index in [0.29, 0.717) is 0 Å². The topological polar surface area (TPSA) is 18.5 Å². The summed E-state index contributed by atoms with van der Waals surface area (Å²) in [6, 6.07) is 9.99. The number of hydrogen-bond donors (Lipinski definition) is 0. The average molecular weight is 262 g/mol. The lowest BCUT2D eigenvalue weighted by Crippen LogP contribution is -2.50. The number of hydrogen-bond acceptors (Lipinski definition) is 2. The molecule has 1 aromatic rings. The fraction of sp³-hybridized carbons (Fsp3) is 0.333. The van der Waals surface area contributed by atoms with Crippen LogP contribution in [0, 0.1) is 0 Å². The van der Waals surface area contributed by atoms with Crippen LogP contribution < -0.4 is 9.92 Å². The average Bonchev–Trinajstić information content (AvgIpc) is 2.39. The van der Waals surface area contributed by atoms with Gasteiger partial charge in [0, 0.05) is 6.61 Å². The smallest absolute Gasteiger partial charge is 0.231 e. The van der Waals surface area contributed by atoms with E-state index in [4.69, 9.17) is 9.16 Å². The Bertz CT molecular complexity index is 374. The maximum absolute atomic E-state index is 6.13. The van der Waals surface area contributed by atoms with E-state index in [1.54, 1.807) is 7.11 Å². The van der Waals surface area contributed by atoms with E-state index in [1.807, 2.05) is 31.2 Å². The molecule has 18 heavy (non-hydrogen) atoms. The summed E-state index contributed by atoms with van der Waals surface area (Å²) in [5, 5.41) is 1.27. The fourth-order valence-corrected chi connectivity index (χ4v) is 5.46. The molecule has 0 aliphatic heterocycles. The highest BCUT2D eigenvalue weighted by atomic mass is 28.4. The number of benzene rings is 1. The monoisotopic (exact) mass is 262 g/mol. The molecule has 0 aliphatic carbocycles. The predicted octanol–water partition coefficient (Wildman–Crippen LogP) is 3.26. The Morgan fingerprint density at radius 1 is 1.11 bits per heavy atom. The number of methoxy groups -OCH3 is 1. The molecular weight excluding hydrogens is 240 g/mol. The van der Waals surface area contributed by atoms with Gasteiger partial charge in [0.05, 0.1) is 7.11 Å². The Morgan fingerprint density at radius 3 is 2.06 bits per heavy atom. The third-order valence-electron chi connectivity index (χ3n) is 2.98. The van der Waals surface area contributed by atoms with Gasteiger partial charge in [-0.2, -0.15) is 0 Å². The summed E-state index contributed by atoms with van der Waals surface area (Å²) in [6.45, 7) is 10.5. The molecule has 0 amide bonds. The van der Waals surface area contributed by atoms with Crippen LogP contribution in [0.15, 0.2) is 49.6 Å². The van der Waals surface area contributed by atoms with Crippen LogP contribution in [-0.2, 0) is 4.43 Å². The highest BCUT2D eigenvalue weighted by Crippen LogP contribution is 2.20. The zero-order valence-corrected chi connectivity index (χ0v) is 12.3. The highest BCUT2D eigenvalue weighted by molar-refractivity contribution is 6.87. The first-order chi connectivity index (χ1) is 8.72. The minimum Gasteiger partial charge on any atom is -0.497 e. The predicted molar refractivity (Wildman–Crippen MR) is 80.0 cm³/mol. The molecular formula is C15H22O2Si. The van der Waals surface area contributed by atoms with Crippen LogP contribution in [0.1, 0.15) is 6.92 Å². The van der Waals surface area contributed by atoms with E-state index in [2.05, 4.69) is 25.3 Å².